The second-order valence-electron chi connectivity index (χ2n) is 8.93. The molecular weight excluding hydrogens is 270 g/mol. The summed E-state index contributed by atoms with van der Waals surface area (Å²) in [6.07, 6.45) is 3.72. The minimum absolute atomic E-state index is 0.119. The second-order valence-corrected chi connectivity index (χ2v) is 8.93. The number of aromatic nitrogens is 2. The molecule has 3 nitrogen and oxygen atoms in total. The zero-order valence-electron chi connectivity index (χ0n) is 15.7. The molecule has 0 saturated carbocycles. The van der Waals surface area contributed by atoms with Gasteiger partial charge in [0.1, 0.15) is 0 Å². The van der Waals surface area contributed by atoms with E-state index in [1.807, 2.05) is 0 Å². The number of piperidine rings is 1. The maximum Gasteiger partial charge on any atom is 0.0681 e. The summed E-state index contributed by atoms with van der Waals surface area (Å²) >= 11 is 0. The fourth-order valence-corrected chi connectivity index (χ4v) is 3.30. The van der Waals surface area contributed by atoms with Crippen molar-refractivity contribution in [2.45, 2.75) is 84.6 Å². The van der Waals surface area contributed by atoms with Gasteiger partial charge in [-0.05, 0) is 31.9 Å². The van der Waals surface area contributed by atoms with Crippen molar-refractivity contribution in [3.8, 4) is 0 Å². The topological polar surface area (TPSA) is 21.1 Å². The van der Waals surface area contributed by atoms with Gasteiger partial charge >= 0.3 is 0 Å². The first kappa shape index (κ1) is 17.5. The number of hydrogen-bond donors (Lipinski definition) is 0. The normalized spacial score (nSPS) is 18.9. The summed E-state index contributed by atoms with van der Waals surface area (Å²) in [5.41, 5.74) is 2.89. The van der Waals surface area contributed by atoms with Gasteiger partial charge in [0.2, 0.25) is 0 Å². The van der Waals surface area contributed by atoms with Gasteiger partial charge in [-0.2, -0.15) is 5.10 Å². The van der Waals surface area contributed by atoms with E-state index in [1.54, 1.807) is 0 Å². The fraction of sp³-hybridized carbons (Fsp3) is 0.842. The first-order chi connectivity index (χ1) is 10.1. The molecule has 0 atom stereocenters. The first-order valence-electron chi connectivity index (χ1n) is 8.96. The molecule has 1 aliphatic rings. The third-order valence-corrected chi connectivity index (χ3v) is 4.72. The van der Waals surface area contributed by atoms with E-state index < -0.39 is 0 Å². The van der Waals surface area contributed by atoms with Gasteiger partial charge in [0.25, 0.3) is 0 Å². The van der Waals surface area contributed by atoms with Crippen LogP contribution in [0.15, 0.2) is 6.07 Å². The Kier molecular flexibility index (Phi) is 5.06. The Morgan fingerprint density at radius 2 is 1.64 bits per heavy atom. The summed E-state index contributed by atoms with van der Waals surface area (Å²) in [5, 5.41) is 5.04. The Morgan fingerprint density at radius 1 is 1.05 bits per heavy atom. The average Bonchev–Trinajstić information content (AvgIpc) is 2.85. The van der Waals surface area contributed by atoms with Crippen molar-refractivity contribution in [2.24, 2.45) is 0 Å². The lowest BCUT2D eigenvalue weighted by Gasteiger charge is -2.34. The monoisotopic (exact) mass is 305 g/mol. The van der Waals surface area contributed by atoms with Crippen LogP contribution in [0.5, 0.6) is 0 Å². The van der Waals surface area contributed by atoms with Crippen LogP contribution in [-0.2, 0) is 10.8 Å². The van der Waals surface area contributed by atoms with Gasteiger partial charge < -0.3 is 4.90 Å². The molecule has 0 unspecified atom stereocenters. The van der Waals surface area contributed by atoms with Gasteiger partial charge in [-0.3, -0.25) is 4.68 Å². The molecule has 2 heterocycles. The molecule has 1 saturated heterocycles. The predicted molar refractivity (Wildman–Crippen MR) is 94.6 cm³/mol. The Morgan fingerprint density at radius 3 is 2.09 bits per heavy atom. The van der Waals surface area contributed by atoms with E-state index in [1.165, 1.54) is 50.3 Å². The van der Waals surface area contributed by atoms with Crippen molar-refractivity contribution in [2.75, 3.05) is 19.6 Å². The van der Waals surface area contributed by atoms with E-state index in [2.05, 4.69) is 64.1 Å². The average molecular weight is 306 g/mol. The van der Waals surface area contributed by atoms with E-state index in [9.17, 15) is 0 Å². The summed E-state index contributed by atoms with van der Waals surface area (Å²) in [7, 11) is 0. The van der Waals surface area contributed by atoms with Gasteiger partial charge in [-0.25, -0.2) is 0 Å². The van der Waals surface area contributed by atoms with E-state index in [0.29, 0.717) is 6.04 Å². The van der Waals surface area contributed by atoms with Crippen LogP contribution >= 0.6 is 0 Å². The third kappa shape index (κ3) is 3.92. The summed E-state index contributed by atoms with van der Waals surface area (Å²) in [4.78, 5) is 2.60. The van der Waals surface area contributed by atoms with Crippen molar-refractivity contribution in [1.82, 2.24) is 14.7 Å². The summed E-state index contributed by atoms with van der Waals surface area (Å²) < 4.78 is 2.36. The molecule has 3 heteroatoms. The smallest absolute Gasteiger partial charge is 0.0681 e. The number of likely N-dealkylation sites (tertiary alicyclic amines) is 1. The van der Waals surface area contributed by atoms with E-state index in [0.717, 1.165) is 0 Å². The van der Waals surface area contributed by atoms with Crippen LogP contribution in [0.2, 0.25) is 0 Å². The fourth-order valence-electron chi connectivity index (χ4n) is 3.30. The molecule has 0 amide bonds. The molecule has 1 aromatic heterocycles. The van der Waals surface area contributed by atoms with Crippen LogP contribution in [-0.4, -0.2) is 34.3 Å². The number of rotatable bonds is 3. The first-order valence-corrected chi connectivity index (χ1v) is 8.96. The maximum absolute atomic E-state index is 5.04. The number of hydrogen-bond acceptors (Lipinski definition) is 2. The zero-order chi connectivity index (χ0) is 16.5. The van der Waals surface area contributed by atoms with Gasteiger partial charge in [0.15, 0.2) is 0 Å². The molecule has 126 valence electrons. The minimum atomic E-state index is 0.119. The molecule has 1 aliphatic heterocycles. The van der Waals surface area contributed by atoms with Crippen LogP contribution in [0, 0.1) is 0 Å². The van der Waals surface area contributed by atoms with Gasteiger partial charge in [-0.15, -0.1) is 0 Å². The molecule has 0 aliphatic carbocycles. The molecule has 0 aromatic carbocycles. The van der Waals surface area contributed by atoms with Gasteiger partial charge in [-0.1, -0.05) is 48.5 Å². The van der Waals surface area contributed by atoms with Crippen molar-refractivity contribution < 1.29 is 0 Å². The molecular formula is C19H35N3. The lowest BCUT2D eigenvalue weighted by molar-refractivity contribution is 0.175. The van der Waals surface area contributed by atoms with Crippen LogP contribution in [0.4, 0.5) is 0 Å². The predicted octanol–water partition coefficient (Wildman–Crippen LogP) is 4.53. The number of nitrogens with zero attached hydrogens (tertiary/aromatic N) is 3. The van der Waals surface area contributed by atoms with Gasteiger partial charge in [0.05, 0.1) is 11.7 Å². The molecule has 1 fully saturated rings. The van der Waals surface area contributed by atoms with Crippen LogP contribution in [0.1, 0.15) is 85.2 Å². The maximum atomic E-state index is 5.04. The Labute approximate surface area is 137 Å². The Balaban J connectivity index is 2.25. The highest BCUT2D eigenvalue weighted by molar-refractivity contribution is 5.23. The van der Waals surface area contributed by atoms with Crippen molar-refractivity contribution in [3.05, 3.63) is 17.5 Å². The SMILES string of the molecule is CCCN1CCC(n2nc(C(C)(C)C)cc2C(C)(C)C)CC1. The summed E-state index contributed by atoms with van der Waals surface area (Å²) in [6.45, 7) is 19.6. The molecule has 22 heavy (non-hydrogen) atoms. The van der Waals surface area contributed by atoms with Crippen LogP contribution in [0.25, 0.3) is 0 Å². The minimum Gasteiger partial charge on any atom is -0.303 e. The summed E-state index contributed by atoms with van der Waals surface area (Å²) in [5.74, 6) is 0. The second kappa shape index (κ2) is 6.35. The largest absolute Gasteiger partial charge is 0.303 e. The quantitative estimate of drug-likeness (QED) is 0.818. The van der Waals surface area contributed by atoms with Gasteiger partial charge in [0, 0.05) is 29.6 Å². The molecule has 2 rings (SSSR count). The van der Waals surface area contributed by atoms with Crippen LogP contribution < -0.4 is 0 Å². The molecule has 0 N–H and O–H groups in total. The van der Waals surface area contributed by atoms with E-state index in [4.69, 9.17) is 5.10 Å². The Hall–Kier alpha value is -0.830. The molecule has 0 bridgehead atoms. The highest BCUT2D eigenvalue weighted by atomic mass is 15.3. The van der Waals surface area contributed by atoms with Crippen LogP contribution in [0.3, 0.4) is 0 Å². The van der Waals surface area contributed by atoms with E-state index >= 15 is 0 Å². The lowest BCUT2D eigenvalue weighted by atomic mass is 9.87. The van der Waals surface area contributed by atoms with E-state index in [-0.39, 0.29) is 10.8 Å². The highest BCUT2D eigenvalue weighted by Crippen LogP contribution is 2.33. The molecule has 1 aromatic rings. The van der Waals surface area contributed by atoms with Crippen molar-refractivity contribution >= 4 is 0 Å². The van der Waals surface area contributed by atoms with Crippen molar-refractivity contribution in [1.29, 1.82) is 0 Å². The highest BCUT2D eigenvalue weighted by Gasteiger charge is 2.30. The zero-order valence-corrected chi connectivity index (χ0v) is 15.7. The van der Waals surface area contributed by atoms with Crippen molar-refractivity contribution in [3.63, 3.8) is 0 Å². The molecule has 0 spiro atoms. The standard InChI is InChI=1S/C19H35N3/c1-8-11-21-12-9-15(10-13-21)22-17(19(5,6)7)14-16(20-22)18(2,3)4/h14-15H,8-13H2,1-7H3. The third-order valence-electron chi connectivity index (χ3n) is 4.72. The Bertz CT molecular complexity index is 480. The molecule has 0 radical (unpaired) electrons. The summed E-state index contributed by atoms with van der Waals surface area (Å²) in [6, 6.07) is 2.91. The lowest BCUT2D eigenvalue weighted by Crippen LogP contribution is -2.36.